The third-order valence-corrected chi connectivity index (χ3v) is 3.96. The smallest absolute Gasteiger partial charge is 0.308 e. The largest absolute Gasteiger partial charge is 0.497 e. The van der Waals surface area contributed by atoms with Gasteiger partial charge in [-0.3, -0.25) is 9.59 Å². The lowest BCUT2D eigenvalue weighted by Crippen LogP contribution is -2.49. The standard InChI is InChI=1S/C16H21NO5/c1-11-6-7-12(16(19)20)9-17(11)15(18)10-22-14-5-3-4-13(8-14)21-2/h3-5,8,11-12H,6-7,9-10H2,1-2H3,(H,19,20). The van der Waals surface area contributed by atoms with Crippen LogP contribution in [0.15, 0.2) is 24.3 Å². The molecule has 1 amide bonds. The summed E-state index contributed by atoms with van der Waals surface area (Å²) in [4.78, 5) is 25.0. The van der Waals surface area contributed by atoms with E-state index in [1.807, 2.05) is 6.92 Å². The molecule has 2 unspecified atom stereocenters. The molecule has 0 spiro atoms. The van der Waals surface area contributed by atoms with E-state index in [-0.39, 0.29) is 25.1 Å². The molecule has 1 aliphatic rings. The third-order valence-electron chi connectivity index (χ3n) is 3.96. The van der Waals surface area contributed by atoms with E-state index < -0.39 is 11.9 Å². The minimum Gasteiger partial charge on any atom is -0.497 e. The normalized spacial score (nSPS) is 21.3. The summed E-state index contributed by atoms with van der Waals surface area (Å²) in [6, 6.07) is 7.06. The number of ether oxygens (including phenoxy) is 2. The SMILES string of the molecule is COc1cccc(OCC(=O)N2CC(C(=O)O)CCC2C)c1. The van der Waals surface area contributed by atoms with Crippen molar-refractivity contribution in [3.63, 3.8) is 0 Å². The lowest BCUT2D eigenvalue weighted by molar-refractivity contribution is -0.147. The molecule has 2 rings (SSSR count). The second-order valence-electron chi connectivity index (χ2n) is 5.48. The predicted molar refractivity (Wildman–Crippen MR) is 80.0 cm³/mol. The molecule has 6 nitrogen and oxygen atoms in total. The molecule has 6 heteroatoms. The molecule has 1 aromatic carbocycles. The van der Waals surface area contributed by atoms with Gasteiger partial charge in [-0.15, -0.1) is 0 Å². The predicted octanol–water partition coefficient (Wildman–Crippen LogP) is 1.79. The summed E-state index contributed by atoms with van der Waals surface area (Å²) in [6.45, 7) is 2.07. The minimum atomic E-state index is -0.849. The van der Waals surface area contributed by atoms with Crippen LogP contribution in [-0.2, 0) is 9.59 Å². The number of carbonyl (C=O) groups is 2. The molecule has 1 fully saturated rings. The van der Waals surface area contributed by atoms with Crippen molar-refractivity contribution < 1.29 is 24.2 Å². The number of nitrogens with zero attached hydrogens (tertiary/aromatic N) is 1. The average Bonchev–Trinajstić information content (AvgIpc) is 2.53. The van der Waals surface area contributed by atoms with Gasteiger partial charge in [-0.1, -0.05) is 6.07 Å². The van der Waals surface area contributed by atoms with Gasteiger partial charge < -0.3 is 19.5 Å². The van der Waals surface area contributed by atoms with Crippen LogP contribution in [0.3, 0.4) is 0 Å². The van der Waals surface area contributed by atoms with Crippen LogP contribution in [0.1, 0.15) is 19.8 Å². The van der Waals surface area contributed by atoms with Gasteiger partial charge in [0.2, 0.25) is 0 Å². The van der Waals surface area contributed by atoms with Gasteiger partial charge in [-0.2, -0.15) is 0 Å². The van der Waals surface area contributed by atoms with Crippen LogP contribution in [0.25, 0.3) is 0 Å². The van der Waals surface area contributed by atoms with E-state index >= 15 is 0 Å². The Morgan fingerprint density at radius 3 is 2.73 bits per heavy atom. The van der Waals surface area contributed by atoms with E-state index in [9.17, 15) is 9.59 Å². The van der Waals surface area contributed by atoms with Crippen molar-refractivity contribution in [2.24, 2.45) is 5.92 Å². The Hall–Kier alpha value is -2.24. The average molecular weight is 307 g/mol. The highest BCUT2D eigenvalue weighted by Crippen LogP contribution is 2.23. The van der Waals surface area contributed by atoms with Gasteiger partial charge in [-0.25, -0.2) is 0 Å². The monoisotopic (exact) mass is 307 g/mol. The number of carbonyl (C=O) groups excluding carboxylic acids is 1. The van der Waals surface area contributed by atoms with Gasteiger partial charge in [0.25, 0.3) is 5.91 Å². The van der Waals surface area contributed by atoms with Crippen LogP contribution in [0.2, 0.25) is 0 Å². The maximum atomic E-state index is 12.3. The molecule has 1 heterocycles. The van der Waals surface area contributed by atoms with E-state index in [0.29, 0.717) is 24.3 Å². The lowest BCUT2D eigenvalue weighted by atomic mass is 9.93. The highest BCUT2D eigenvalue weighted by molar-refractivity contribution is 5.79. The first kappa shape index (κ1) is 16.1. The van der Waals surface area contributed by atoms with Crippen molar-refractivity contribution in [2.75, 3.05) is 20.3 Å². The third kappa shape index (κ3) is 3.90. The molecule has 0 radical (unpaired) electrons. The molecule has 1 saturated heterocycles. The Labute approximate surface area is 129 Å². The van der Waals surface area contributed by atoms with Gasteiger partial charge in [-0.05, 0) is 31.9 Å². The number of carboxylic acid groups (broad SMARTS) is 1. The maximum Gasteiger partial charge on any atom is 0.308 e. The van der Waals surface area contributed by atoms with Gasteiger partial charge in [0.1, 0.15) is 11.5 Å². The quantitative estimate of drug-likeness (QED) is 0.897. The summed E-state index contributed by atoms with van der Waals surface area (Å²) in [5.74, 6) is -0.328. The van der Waals surface area contributed by atoms with Gasteiger partial charge in [0.05, 0.1) is 13.0 Å². The molecular formula is C16H21NO5. The molecule has 22 heavy (non-hydrogen) atoms. The van der Waals surface area contributed by atoms with E-state index in [1.165, 1.54) is 0 Å². The summed E-state index contributed by atoms with van der Waals surface area (Å²) in [5.41, 5.74) is 0. The van der Waals surface area contributed by atoms with Crippen LogP contribution < -0.4 is 9.47 Å². The number of aliphatic carboxylic acids is 1. The number of hydrogen-bond acceptors (Lipinski definition) is 4. The molecule has 0 bridgehead atoms. The van der Waals surface area contributed by atoms with Crippen molar-refractivity contribution in [3.05, 3.63) is 24.3 Å². The Balaban J connectivity index is 1.94. The molecule has 0 aromatic heterocycles. The summed E-state index contributed by atoms with van der Waals surface area (Å²) >= 11 is 0. The number of likely N-dealkylation sites (tertiary alicyclic amines) is 1. The molecule has 2 atom stereocenters. The number of methoxy groups -OCH3 is 1. The van der Waals surface area contributed by atoms with Crippen LogP contribution in [-0.4, -0.2) is 48.2 Å². The summed E-state index contributed by atoms with van der Waals surface area (Å²) in [5, 5.41) is 9.11. The van der Waals surface area contributed by atoms with Crippen molar-refractivity contribution in [1.29, 1.82) is 0 Å². The zero-order chi connectivity index (χ0) is 16.1. The topological polar surface area (TPSA) is 76.1 Å². The van der Waals surface area contributed by atoms with Crippen LogP contribution in [0.5, 0.6) is 11.5 Å². The van der Waals surface area contributed by atoms with Crippen molar-refractivity contribution >= 4 is 11.9 Å². The van der Waals surface area contributed by atoms with Gasteiger partial charge in [0, 0.05) is 18.7 Å². The van der Waals surface area contributed by atoms with Crippen LogP contribution in [0, 0.1) is 5.92 Å². The highest BCUT2D eigenvalue weighted by Gasteiger charge is 2.32. The highest BCUT2D eigenvalue weighted by atomic mass is 16.5. The number of carboxylic acids is 1. The second-order valence-corrected chi connectivity index (χ2v) is 5.48. The first-order valence-corrected chi connectivity index (χ1v) is 7.30. The van der Waals surface area contributed by atoms with E-state index in [1.54, 1.807) is 36.3 Å². The zero-order valence-corrected chi connectivity index (χ0v) is 12.8. The fraction of sp³-hybridized carbons (Fsp3) is 0.500. The van der Waals surface area contributed by atoms with Crippen LogP contribution >= 0.6 is 0 Å². The summed E-state index contributed by atoms with van der Waals surface area (Å²) < 4.78 is 10.6. The molecule has 1 aromatic rings. The van der Waals surface area contributed by atoms with E-state index in [4.69, 9.17) is 14.6 Å². The maximum absolute atomic E-state index is 12.3. The summed E-state index contributed by atoms with van der Waals surface area (Å²) in [6.07, 6.45) is 1.30. The molecule has 0 saturated carbocycles. The Morgan fingerprint density at radius 1 is 1.32 bits per heavy atom. The van der Waals surface area contributed by atoms with Crippen molar-refractivity contribution in [3.8, 4) is 11.5 Å². The molecule has 1 N–H and O–H groups in total. The Kier molecular flexibility index (Phi) is 5.25. The zero-order valence-electron chi connectivity index (χ0n) is 12.8. The number of piperidine rings is 1. The molecular weight excluding hydrogens is 286 g/mol. The molecule has 120 valence electrons. The fourth-order valence-corrected chi connectivity index (χ4v) is 2.58. The Morgan fingerprint density at radius 2 is 2.05 bits per heavy atom. The fourth-order valence-electron chi connectivity index (χ4n) is 2.58. The number of amides is 1. The number of rotatable bonds is 5. The van der Waals surface area contributed by atoms with Gasteiger partial charge >= 0.3 is 5.97 Å². The first-order valence-electron chi connectivity index (χ1n) is 7.30. The first-order chi connectivity index (χ1) is 10.5. The molecule has 0 aliphatic carbocycles. The van der Waals surface area contributed by atoms with Crippen molar-refractivity contribution in [1.82, 2.24) is 4.90 Å². The van der Waals surface area contributed by atoms with Crippen LogP contribution in [0.4, 0.5) is 0 Å². The van der Waals surface area contributed by atoms with Gasteiger partial charge in [0.15, 0.2) is 6.61 Å². The van der Waals surface area contributed by atoms with E-state index in [2.05, 4.69) is 0 Å². The summed E-state index contributed by atoms with van der Waals surface area (Å²) in [7, 11) is 1.56. The second kappa shape index (κ2) is 7.15. The molecule has 1 aliphatic heterocycles. The Bertz CT molecular complexity index is 545. The van der Waals surface area contributed by atoms with Crippen molar-refractivity contribution in [2.45, 2.75) is 25.8 Å². The van der Waals surface area contributed by atoms with E-state index in [0.717, 1.165) is 0 Å². The lowest BCUT2D eigenvalue weighted by Gasteiger charge is -2.36. The minimum absolute atomic E-state index is 0.0389. The number of hydrogen-bond donors (Lipinski definition) is 1. The number of benzene rings is 1.